The molecule has 0 saturated heterocycles. The lowest BCUT2D eigenvalue weighted by Crippen LogP contribution is -2.24. The maximum absolute atomic E-state index is 4.48. The predicted octanol–water partition coefficient (Wildman–Crippen LogP) is 3.85. The number of thiazole rings is 1. The summed E-state index contributed by atoms with van der Waals surface area (Å²) in [6, 6.07) is 6.70. The molecule has 0 aliphatic carbocycles. The monoisotopic (exact) mass is 260 g/mol. The van der Waals surface area contributed by atoms with Crippen molar-refractivity contribution in [3.05, 3.63) is 51.5 Å². The van der Waals surface area contributed by atoms with E-state index < -0.39 is 0 Å². The Kier molecular flexibility index (Phi) is 4.50. The Morgan fingerprint density at radius 2 is 2.00 bits per heavy atom. The van der Waals surface area contributed by atoms with Gasteiger partial charge in [-0.3, -0.25) is 0 Å². The smallest absolute Gasteiger partial charge is 0.114 e. The largest absolute Gasteiger partial charge is 0.304 e. The normalized spacial score (nSPS) is 12.6. The van der Waals surface area contributed by atoms with Crippen molar-refractivity contribution >= 4 is 11.3 Å². The first kappa shape index (κ1) is 13.2. The first-order chi connectivity index (χ1) is 8.74. The van der Waals surface area contributed by atoms with E-state index in [0.717, 1.165) is 18.0 Å². The van der Waals surface area contributed by atoms with Crippen LogP contribution >= 0.6 is 11.3 Å². The zero-order chi connectivity index (χ0) is 13.0. The topological polar surface area (TPSA) is 24.9 Å². The molecular formula is C15H20N2S. The molecule has 0 spiro atoms. The van der Waals surface area contributed by atoms with E-state index in [2.05, 4.69) is 49.3 Å². The Hall–Kier alpha value is -1.19. The Balaban J connectivity index is 2.40. The van der Waals surface area contributed by atoms with Crippen LogP contribution in [0.25, 0.3) is 0 Å². The fourth-order valence-corrected chi connectivity index (χ4v) is 2.98. The number of rotatable bonds is 5. The van der Waals surface area contributed by atoms with Crippen LogP contribution in [0.15, 0.2) is 29.8 Å². The second-order valence-electron chi connectivity index (χ2n) is 4.56. The molecule has 0 saturated carbocycles. The zero-order valence-electron chi connectivity index (χ0n) is 11.2. The highest BCUT2D eigenvalue weighted by Crippen LogP contribution is 2.28. The molecule has 1 unspecified atom stereocenters. The molecule has 3 heteroatoms. The average molecular weight is 260 g/mol. The summed E-state index contributed by atoms with van der Waals surface area (Å²) in [6.07, 6.45) is 3.01. The highest BCUT2D eigenvalue weighted by atomic mass is 32.1. The first-order valence-corrected chi connectivity index (χ1v) is 7.31. The summed E-state index contributed by atoms with van der Waals surface area (Å²) in [6.45, 7) is 7.56. The van der Waals surface area contributed by atoms with E-state index in [1.165, 1.54) is 16.7 Å². The highest BCUT2D eigenvalue weighted by molar-refractivity contribution is 7.09. The molecule has 2 aromatic rings. The van der Waals surface area contributed by atoms with E-state index in [1.807, 2.05) is 11.6 Å². The van der Waals surface area contributed by atoms with Gasteiger partial charge < -0.3 is 5.32 Å². The third kappa shape index (κ3) is 2.79. The number of nitrogens with one attached hydrogen (secondary N) is 1. The molecular weight excluding hydrogens is 240 g/mol. The van der Waals surface area contributed by atoms with Gasteiger partial charge in [0.1, 0.15) is 5.01 Å². The van der Waals surface area contributed by atoms with Crippen LogP contribution in [0.4, 0.5) is 0 Å². The third-order valence-electron chi connectivity index (χ3n) is 3.13. The van der Waals surface area contributed by atoms with Crippen LogP contribution in [-0.2, 0) is 0 Å². The fraction of sp³-hybridized carbons (Fsp3) is 0.400. The van der Waals surface area contributed by atoms with Gasteiger partial charge >= 0.3 is 0 Å². The van der Waals surface area contributed by atoms with E-state index in [0.29, 0.717) is 0 Å². The fourth-order valence-electron chi connectivity index (χ4n) is 2.26. The molecule has 1 heterocycles. The van der Waals surface area contributed by atoms with E-state index in [-0.39, 0.29) is 6.04 Å². The molecule has 2 rings (SSSR count). The van der Waals surface area contributed by atoms with Crippen LogP contribution in [0, 0.1) is 13.8 Å². The van der Waals surface area contributed by atoms with Crippen LogP contribution < -0.4 is 5.32 Å². The molecule has 0 bridgehead atoms. The van der Waals surface area contributed by atoms with E-state index in [9.17, 15) is 0 Å². The zero-order valence-corrected chi connectivity index (χ0v) is 12.1. The maximum atomic E-state index is 4.48. The number of aromatic nitrogens is 1. The number of benzene rings is 1. The van der Waals surface area contributed by atoms with Gasteiger partial charge in [-0.2, -0.15) is 0 Å². The van der Waals surface area contributed by atoms with Gasteiger partial charge in [0.05, 0.1) is 6.04 Å². The molecule has 1 aromatic heterocycles. The lowest BCUT2D eigenvalue weighted by Gasteiger charge is -2.21. The lowest BCUT2D eigenvalue weighted by molar-refractivity contribution is 0.591. The summed E-state index contributed by atoms with van der Waals surface area (Å²) in [5.41, 5.74) is 4.04. The van der Waals surface area contributed by atoms with E-state index >= 15 is 0 Å². The van der Waals surface area contributed by atoms with Crippen molar-refractivity contribution in [2.45, 2.75) is 33.2 Å². The standard InChI is InChI=1S/C15H20N2S/c1-4-8-16-14(15-17-9-10-18-15)13-11(2)6-5-7-12(13)3/h5-7,9-10,14,16H,4,8H2,1-3H3. The molecule has 18 heavy (non-hydrogen) atoms. The summed E-state index contributed by atoms with van der Waals surface area (Å²) in [5, 5.41) is 6.82. The van der Waals surface area contributed by atoms with Gasteiger partial charge in [0.15, 0.2) is 0 Å². The van der Waals surface area contributed by atoms with Crippen LogP contribution in [0.3, 0.4) is 0 Å². The Morgan fingerprint density at radius 3 is 2.56 bits per heavy atom. The minimum atomic E-state index is 0.228. The number of aryl methyl sites for hydroxylation is 2. The van der Waals surface area contributed by atoms with Crippen molar-refractivity contribution in [2.24, 2.45) is 0 Å². The summed E-state index contributed by atoms with van der Waals surface area (Å²) in [5.74, 6) is 0. The summed E-state index contributed by atoms with van der Waals surface area (Å²) < 4.78 is 0. The van der Waals surface area contributed by atoms with Gasteiger partial charge in [-0.1, -0.05) is 25.1 Å². The third-order valence-corrected chi connectivity index (χ3v) is 3.97. The minimum absolute atomic E-state index is 0.228. The Morgan fingerprint density at radius 1 is 1.28 bits per heavy atom. The molecule has 0 aliphatic rings. The Bertz CT molecular complexity index is 471. The van der Waals surface area contributed by atoms with Crippen molar-refractivity contribution in [1.82, 2.24) is 10.3 Å². The molecule has 1 aromatic carbocycles. The Labute approximate surface area is 113 Å². The van der Waals surface area contributed by atoms with Crippen molar-refractivity contribution in [1.29, 1.82) is 0 Å². The van der Waals surface area contributed by atoms with E-state index in [4.69, 9.17) is 0 Å². The quantitative estimate of drug-likeness (QED) is 0.883. The predicted molar refractivity (Wildman–Crippen MR) is 78.2 cm³/mol. The summed E-state index contributed by atoms with van der Waals surface area (Å²) in [4.78, 5) is 4.48. The maximum Gasteiger partial charge on any atom is 0.114 e. The molecule has 1 N–H and O–H groups in total. The van der Waals surface area contributed by atoms with Crippen molar-refractivity contribution < 1.29 is 0 Å². The molecule has 1 atom stereocenters. The van der Waals surface area contributed by atoms with Gasteiger partial charge in [-0.05, 0) is 43.5 Å². The molecule has 0 radical (unpaired) electrons. The van der Waals surface area contributed by atoms with Gasteiger partial charge in [0.2, 0.25) is 0 Å². The lowest BCUT2D eigenvalue weighted by atomic mass is 9.96. The van der Waals surface area contributed by atoms with Gasteiger partial charge in [-0.25, -0.2) is 4.98 Å². The molecule has 2 nitrogen and oxygen atoms in total. The second kappa shape index (κ2) is 6.12. The molecule has 96 valence electrons. The van der Waals surface area contributed by atoms with Gasteiger partial charge in [-0.15, -0.1) is 11.3 Å². The minimum Gasteiger partial charge on any atom is -0.304 e. The first-order valence-electron chi connectivity index (χ1n) is 6.43. The van der Waals surface area contributed by atoms with Crippen molar-refractivity contribution in [3.8, 4) is 0 Å². The van der Waals surface area contributed by atoms with E-state index in [1.54, 1.807) is 11.3 Å². The van der Waals surface area contributed by atoms with Gasteiger partial charge in [0.25, 0.3) is 0 Å². The van der Waals surface area contributed by atoms with Crippen LogP contribution in [0.5, 0.6) is 0 Å². The van der Waals surface area contributed by atoms with Crippen molar-refractivity contribution in [3.63, 3.8) is 0 Å². The number of hydrogen-bond donors (Lipinski definition) is 1. The summed E-state index contributed by atoms with van der Waals surface area (Å²) >= 11 is 1.72. The SMILES string of the molecule is CCCNC(c1nccs1)c1c(C)cccc1C. The molecule has 0 fully saturated rings. The average Bonchev–Trinajstić information content (AvgIpc) is 2.86. The number of nitrogens with zero attached hydrogens (tertiary/aromatic N) is 1. The second-order valence-corrected chi connectivity index (χ2v) is 5.49. The van der Waals surface area contributed by atoms with Crippen LogP contribution in [0.1, 0.15) is 41.1 Å². The van der Waals surface area contributed by atoms with Gasteiger partial charge in [0, 0.05) is 11.6 Å². The molecule has 0 aliphatic heterocycles. The van der Waals surface area contributed by atoms with Crippen molar-refractivity contribution in [2.75, 3.05) is 6.54 Å². The van der Waals surface area contributed by atoms with Crippen LogP contribution in [0.2, 0.25) is 0 Å². The molecule has 0 amide bonds. The summed E-state index contributed by atoms with van der Waals surface area (Å²) in [7, 11) is 0. The number of hydrogen-bond acceptors (Lipinski definition) is 3. The highest BCUT2D eigenvalue weighted by Gasteiger charge is 2.19. The van der Waals surface area contributed by atoms with Crippen LogP contribution in [-0.4, -0.2) is 11.5 Å².